The van der Waals surface area contributed by atoms with Gasteiger partial charge in [0.1, 0.15) is 39.0 Å². The fourth-order valence-corrected chi connectivity index (χ4v) is 3.57. The number of aryl methyl sites for hydroxylation is 3. The van der Waals surface area contributed by atoms with Crippen LogP contribution in [0.25, 0.3) is 0 Å². The fraction of sp³-hybridized carbons (Fsp3) is 0.172. The van der Waals surface area contributed by atoms with Gasteiger partial charge in [0.25, 0.3) is 0 Å². The highest BCUT2D eigenvalue weighted by Gasteiger charge is 2.15. The zero-order valence-corrected chi connectivity index (χ0v) is 21.3. The highest BCUT2D eigenvalue weighted by atomic mass is 79.9. The Bertz CT molecular complexity index is 1150. The molecular weight excluding hydrogens is 476 g/mol. The van der Waals surface area contributed by atoms with Gasteiger partial charge in [-0.25, -0.2) is 0 Å². The Morgan fingerprint density at radius 2 is 0.848 bits per heavy atom. The highest BCUT2D eigenvalue weighted by Crippen LogP contribution is 2.43. The zero-order chi connectivity index (χ0) is 23.8. The van der Waals surface area contributed by atoms with Crippen LogP contribution in [0.1, 0.15) is 30.5 Å². The molecule has 4 aromatic carbocycles. The Kier molecular flexibility index (Phi) is 8.56. The molecule has 0 aromatic heterocycles. The van der Waals surface area contributed by atoms with Crippen molar-refractivity contribution in [3.63, 3.8) is 0 Å². The van der Waals surface area contributed by atoms with E-state index in [1.54, 1.807) is 0 Å². The molecule has 4 aromatic rings. The summed E-state index contributed by atoms with van der Waals surface area (Å²) in [5.74, 6) is 4.09. The smallest absolute Gasteiger partial charge is 0.149 e. The van der Waals surface area contributed by atoms with Crippen molar-refractivity contribution in [3.8, 4) is 34.5 Å². The number of hydrogen-bond donors (Lipinski definition) is 0. The van der Waals surface area contributed by atoms with Crippen LogP contribution in [0.15, 0.2) is 89.4 Å². The van der Waals surface area contributed by atoms with Gasteiger partial charge < -0.3 is 14.2 Å². The van der Waals surface area contributed by atoms with E-state index < -0.39 is 0 Å². The summed E-state index contributed by atoms with van der Waals surface area (Å²) < 4.78 is 19.2. The molecule has 0 aliphatic rings. The van der Waals surface area contributed by atoms with Gasteiger partial charge in [0.15, 0.2) is 0 Å². The molecule has 33 heavy (non-hydrogen) atoms. The van der Waals surface area contributed by atoms with E-state index in [0.29, 0.717) is 21.7 Å². The lowest BCUT2D eigenvalue weighted by Gasteiger charge is -2.16. The van der Waals surface area contributed by atoms with E-state index in [4.69, 9.17) is 14.2 Å². The molecule has 4 rings (SSSR count). The second-order valence-corrected chi connectivity index (χ2v) is 8.28. The first-order chi connectivity index (χ1) is 16.0. The van der Waals surface area contributed by atoms with Gasteiger partial charge in [0.2, 0.25) is 0 Å². The Labute approximate surface area is 205 Å². The van der Waals surface area contributed by atoms with Crippen molar-refractivity contribution in [1.82, 2.24) is 0 Å². The summed E-state index contributed by atoms with van der Waals surface area (Å²) in [7, 11) is 0. The summed E-state index contributed by atoms with van der Waals surface area (Å²) in [6.07, 6.45) is 0. The average molecular weight is 505 g/mol. The molecule has 0 radical (unpaired) electrons. The first kappa shape index (κ1) is 24.4. The lowest BCUT2D eigenvalue weighted by molar-refractivity contribution is 0.435. The molecule has 170 valence electrons. The maximum absolute atomic E-state index is 6.19. The second-order valence-electron chi connectivity index (χ2n) is 7.49. The Hall–Kier alpha value is -3.24. The fourth-order valence-electron chi connectivity index (χ4n) is 3.18. The van der Waals surface area contributed by atoms with Crippen molar-refractivity contribution in [2.45, 2.75) is 34.6 Å². The highest BCUT2D eigenvalue weighted by molar-refractivity contribution is 9.10. The summed E-state index contributed by atoms with van der Waals surface area (Å²) in [6.45, 7) is 10.1. The van der Waals surface area contributed by atoms with Crippen molar-refractivity contribution in [2.75, 3.05) is 0 Å². The molecule has 4 heteroatoms. The number of rotatable bonds is 6. The van der Waals surface area contributed by atoms with Crippen LogP contribution >= 0.6 is 15.9 Å². The molecule has 0 bridgehead atoms. The van der Waals surface area contributed by atoms with Crippen LogP contribution in [0, 0.1) is 20.8 Å². The Morgan fingerprint density at radius 1 is 0.485 bits per heavy atom. The standard InChI is InChI=1S/C27H23BrO3.C2H6/c1-18-7-4-10-21(13-18)29-24-16-25(30-22-11-5-8-19(2)14-22)27(28)26(17-24)31-23-12-6-9-20(3)15-23;1-2/h4-17H,1-3H3;1-2H3. The van der Waals surface area contributed by atoms with E-state index in [1.807, 2.05) is 120 Å². The third-order valence-electron chi connectivity index (χ3n) is 4.64. The maximum atomic E-state index is 6.19. The van der Waals surface area contributed by atoms with Crippen molar-refractivity contribution in [1.29, 1.82) is 0 Å². The van der Waals surface area contributed by atoms with Gasteiger partial charge in [-0.3, -0.25) is 0 Å². The monoisotopic (exact) mass is 504 g/mol. The van der Waals surface area contributed by atoms with Crippen LogP contribution in [0.4, 0.5) is 0 Å². The van der Waals surface area contributed by atoms with Crippen LogP contribution < -0.4 is 14.2 Å². The maximum Gasteiger partial charge on any atom is 0.149 e. The van der Waals surface area contributed by atoms with E-state index in [2.05, 4.69) is 15.9 Å². The SMILES string of the molecule is CC.Cc1cccc(Oc2cc(Oc3cccc(C)c3)c(Br)c(Oc3cccc(C)c3)c2)c1. The van der Waals surface area contributed by atoms with E-state index in [0.717, 1.165) is 33.9 Å². The van der Waals surface area contributed by atoms with E-state index in [-0.39, 0.29) is 0 Å². The quantitative estimate of drug-likeness (QED) is 0.261. The first-order valence-electron chi connectivity index (χ1n) is 11.0. The molecular formula is C29H29BrO3. The van der Waals surface area contributed by atoms with Crippen molar-refractivity contribution in [2.24, 2.45) is 0 Å². The molecule has 0 saturated heterocycles. The Balaban J connectivity index is 0.00000149. The molecule has 0 unspecified atom stereocenters. The normalized spacial score (nSPS) is 10.1. The van der Waals surface area contributed by atoms with Crippen LogP contribution in [0.5, 0.6) is 34.5 Å². The van der Waals surface area contributed by atoms with Gasteiger partial charge in [-0.05, 0) is 89.8 Å². The van der Waals surface area contributed by atoms with Gasteiger partial charge in [-0.2, -0.15) is 0 Å². The lowest BCUT2D eigenvalue weighted by atomic mass is 10.2. The van der Waals surface area contributed by atoms with Crippen molar-refractivity contribution >= 4 is 15.9 Å². The topological polar surface area (TPSA) is 27.7 Å². The molecule has 0 spiro atoms. The summed E-state index contributed by atoms with van der Waals surface area (Å²) >= 11 is 3.66. The first-order valence-corrected chi connectivity index (χ1v) is 11.8. The van der Waals surface area contributed by atoms with Crippen LogP contribution in [-0.2, 0) is 0 Å². The largest absolute Gasteiger partial charge is 0.457 e. The lowest BCUT2D eigenvalue weighted by Crippen LogP contribution is -1.93. The van der Waals surface area contributed by atoms with Crippen LogP contribution in [0.2, 0.25) is 0 Å². The molecule has 0 aliphatic heterocycles. The predicted molar refractivity (Wildman–Crippen MR) is 139 cm³/mol. The van der Waals surface area contributed by atoms with Gasteiger partial charge in [0.05, 0.1) is 0 Å². The predicted octanol–water partition coefficient (Wildman–Crippen LogP) is 9.78. The summed E-state index contributed by atoms with van der Waals surface area (Å²) in [6, 6.07) is 27.5. The summed E-state index contributed by atoms with van der Waals surface area (Å²) in [5.41, 5.74) is 3.37. The van der Waals surface area contributed by atoms with Gasteiger partial charge >= 0.3 is 0 Å². The number of benzene rings is 4. The molecule has 0 N–H and O–H groups in total. The molecule has 3 nitrogen and oxygen atoms in total. The Morgan fingerprint density at radius 3 is 1.21 bits per heavy atom. The molecule has 0 fully saturated rings. The molecule has 0 amide bonds. The zero-order valence-electron chi connectivity index (χ0n) is 19.7. The van der Waals surface area contributed by atoms with Crippen LogP contribution in [0.3, 0.4) is 0 Å². The van der Waals surface area contributed by atoms with Gasteiger partial charge in [-0.1, -0.05) is 50.2 Å². The minimum absolute atomic E-state index is 0.610. The molecule has 0 atom stereocenters. The van der Waals surface area contributed by atoms with E-state index in [1.165, 1.54) is 0 Å². The molecule has 0 saturated carbocycles. The van der Waals surface area contributed by atoms with Crippen molar-refractivity contribution in [3.05, 3.63) is 106 Å². The molecule has 0 heterocycles. The van der Waals surface area contributed by atoms with Crippen molar-refractivity contribution < 1.29 is 14.2 Å². The third kappa shape index (κ3) is 6.87. The number of ether oxygens (including phenoxy) is 3. The second kappa shape index (κ2) is 11.6. The van der Waals surface area contributed by atoms with Crippen LogP contribution in [-0.4, -0.2) is 0 Å². The van der Waals surface area contributed by atoms with E-state index >= 15 is 0 Å². The number of hydrogen-bond acceptors (Lipinski definition) is 3. The van der Waals surface area contributed by atoms with Gasteiger partial charge in [-0.15, -0.1) is 0 Å². The average Bonchev–Trinajstić information content (AvgIpc) is 2.78. The third-order valence-corrected chi connectivity index (χ3v) is 5.42. The van der Waals surface area contributed by atoms with Gasteiger partial charge in [0, 0.05) is 12.1 Å². The minimum atomic E-state index is 0.610. The summed E-state index contributed by atoms with van der Waals surface area (Å²) in [5, 5.41) is 0. The minimum Gasteiger partial charge on any atom is -0.457 e. The molecule has 0 aliphatic carbocycles. The van der Waals surface area contributed by atoms with E-state index in [9.17, 15) is 0 Å². The number of halogens is 1. The summed E-state index contributed by atoms with van der Waals surface area (Å²) in [4.78, 5) is 0.